The number of amides is 1. The van der Waals surface area contributed by atoms with Crippen LogP contribution in [0, 0.1) is 11.7 Å². The third-order valence-corrected chi connectivity index (χ3v) is 4.53. The van der Waals surface area contributed by atoms with E-state index in [1.54, 1.807) is 30.3 Å². The zero-order valence-electron chi connectivity index (χ0n) is 12.9. The minimum absolute atomic E-state index is 0.111. The van der Waals surface area contributed by atoms with Gasteiger partial charge >= 0.3 is 0 Å². The van der Waals surface area contributed by atoms with Gasteiger partial charge in [0.25, 0.3) is 0 Å². The first-order valence-corrected chi connectivity index (χ1v) is 8.05. The lowest BCUT2D eigenvalue weighted by Crippen LogP contribution is -2.25. The van der Waals surface area contributed by atoms with E-state index in [2.05, 4.69) is 4.98 Å². The molecule has 4 rings (SSSR count). The molecule has 5 nitrogen and oxygen atoms in total. The number of fused-ring (bicyclic) bond motifs is 1. The Kier molecular flexibility index (Phi) is 3.77. The van der Waals surface area contributed by atoms with Crippen molar-refractivity contribution >= 4 is 39.5 Å². The summed E-state index contributed by atoms with van der Waals surface area (Å²) in [5.74, 6) is -0.607. The van der Waals surface area contributed by atoms with Gasteiger partial charge in [-0.3, -0.25) is 9.59 Å². The number of oxazole rings is 1. The van der Waals surface area contributed by atoms with Crippen LogP contribution in [-0.4, -0.2) is 22.7 Å². The van der Waals surface area contributed by atoms with E-state index in [9.17, 15) is 14.0 Å². The highest BCUT2D eigenvalue weighted by atomic mass is 35.5. The highest BCUT2D eigenvalue weighted by Crippen LogP contribution is 2.31. The number of aromatic nitrogens is 1. The van der Waals surface area contributed by atoms with Crippen molar-refractivity contribution in [1.82, 2.24) is 4.98 Å². The molecule has 25 heavy (non-hydrogen) atoms. The molecule has 126 valence electrons. The fourth-order valence-corrected chi connectivity index (χ4v) is 3.05. The quantitative estimate of drug-likeness (QED) is 0.669. The Hall–Kier alpha value is -2.73. The number of carbonyl (C=O) groups excluding carboxylic acids is 2. The molecule has 1 aliphatic rings. The summed E-state index contributed by atoms with van der Waals surface area (Å²) in [7, 11) is 0. The molecule has 0 radical (unpaired) electrons. The number of rotatable bonds is 3. The third-order valence-electron chi connectivity index (χ3n) is 4.22. The van der Waals surface area contributed by atoms with Crippen LogP contribution in [0.15, 0.2) is 46.9 Å². The zero-order valence-corrected chi connectivity index (χ0v) is 13.7. The molecular formula is C18H12ClFN2O3. The second kappa shape index (κ2) is 5.97. The standard InChI is InChI=1S/C18H12ClFN2O3/c19-17(24)11-7-16(23)22(9-11)13-5-6-15-14(8-13)21-18(25-15)10-1-3-12(20)4-2-10/h1-6,8,11H,7,9H2/t11-/m0/s1. The molecule has 2 heterocycles. The van der Waals surface area contributed by atoms with Crippen LogP contribution in [0.3, 0.4) is 0 Å². The van der Waals surface area contributed by atoms with Gasteiger partial charge < -0.3 is 9.32 Å². The predicted octanol–water partition coefficient (Wildman–Crippen LogP) is 3.75. The summed E-state index contributed by atoms with van der Waals surface area (Å²) in [5, 5.41) is -0.503. The highest BCUT2D eigenvalue weighted by Gasteiger charge is 2.34. The minimum atomic E-state index is -0.503. The molecule has 1 amide bonds. The van der Waals surface area contributed by atoms with Crippen LogP contribution in [0.25, 0.3) is 22.6 Å². The van der Waals surface area contributed by atoms with Gasteiger partial charge in [-0.15, -0.1) is 0 Å². The van der Waals surface area contributed by atoms with Gasteiger partial charge in [0, 0.05) is 24.2 Å². The summed E-state index contributed by atoms with van der Waals surface area (Å²) in [6.45, 7) is 0.259. The van der Waals surface area contributed by atoms with Crippen LogP contribution in [0.2, 0.25) is 0 Å². The second-order valence-corrected chi connectivity index (χ2v) is 6.26. The molecule has 3 aromatic rings. The van der Waals surface area contributed by atoms with Gasteiger partial charge in [-0.05, 0) is 54.1 Å². The smallest absolute Gasteiger partial charge is 0.227 e. The van der Waals surface area contributed by atoms with Crippen molar-refractivity contribution in [2.24, 2.45) is 5.92 Å². The lowest BCUT2D eigenvalue weighted by atomic mass is 10.1. The summed E-state index contributed by atoms with van der Waals surface area (Å²) >= 11 is 5.51. The van der Waals surface area contributed by atoms with Crippen molar-refractivity contribution in [3.05, 3.63) is 48.3 Å². The van der Waals surface area contributed by atoms with E-state index in [4.69, 9.17) is 16.0 Å². The van der Waals surface area contributed by atoms with E-state index in [1.807, 2.05) is 0 Å². The number of benzene rings is 2. The average molecular weight is 359 g/mol. The van der Waals surface area contributed by atoms with Crippen LogP contribution in [0.4, 0.5) is 10.1 Å². The lowest BCUT2D eigenvalue weighted by molar-refractivity contribution is -0.120. The third kappa shape index (κ3) is 2.89. The average Bonchev–Trinajstić information content (AvgIpc) is 3.18. The Bertz CT molecular complexity index is 984. The topological polar surface area (TPSA) is 63.4 Å². The molecule has 7 heteroatoms. The maximum atomic E-state index is 13.0. The summed E-state index contributed by atoms with van der Waals surface area (Å²) < 4.78 is 18.7. The molecule has 0 N–H and O–H groups in total. The Morgan fingerprint density at radius 1 is 1.24 bits per heavy atom. The fourth-order valence-electron chi connectivity index (χ4n) is 2.91. The monoisotopic (exact) mass is 358 g/mol. The first-order chi connectivity index (χ1) is 12.0. The molecule has 0 aliphatic carbocycles. The Morgan fingerprint density at radius 2 is 2.00 bits per heavy atom. The molecule has 0 spiro atoms. The second-order valence-electron chi connectivity index (χ2n) is 5.89. The van der Waals surface area contributed by atoms with Gasteiger partial charge in [0.15, 0.2) is 5.58 Å². The van der Waals surface area contributed by atoms with Crippen LogP contribution in [0.5, 0.6) is 0 Å². The normalized spacial score (nSPS) is 17.4. The molecule has 1 fully saturated rings. The van der Waals surface area contributed by atoms with Crippen molar-refractivity contribution in [2.45, 2.75) is 6.42 Å². The first-order valence-electron chi connectivity index (χ1n) is 7.67. The SMILES string of the molecule is O=C(Cl)[C@H]1CC(=O)N(c2ccc3oc(-c4ccc(F)cc4)nc3c2)C1. The van der Waals surface area contributed by atoms with Gasteiger partial charge in [-0.2, -0.15) is 0 Å². The van der Waals surface area contributed by atoms with Crippen LogP contribution in [0.1, 0.15) is 6.42 Å². The highest BCUT2D eigenvalue weighted by molar-refractivity contribution is 6.64. The number of nitrogens with zero attached hydrogens (tertiary/aromatic N) is 2. The van der Waals surface area contributed by atoms with Gasteiger partial charge in [0.05, 0.1) is 5.92 Å². The molecule has 0 bridgehead atoms. The number of hydrogen-bond acceptors (Lipinski definition) is 4. The molecule has 1 aliphatic heterocycles. The van der Waals surface area contributed by atoms with Crippen LogP contribution < -0.4 is 4.90 Å². The van der Waals surface area contributed by atoms with Crippen molar-refractivity contribution in [3.8, 4) is 11.5 Å². The molecule has 1 saturated heterocycles. The Balaban J connectivity index is 1.68. The van der Waals surface area contributed by atoms with E-state index >= 15 is 0 Å². The predicted molar refractivity (Wildman–Crippen MR) is 90.7 cm³/mol. The van der Waals surface area contributed by atoms with E-state index in [0.29, 0.717) is 28.2 Å². The number of hydrogen-bond donors (Lipinski definition) is 0. The van der Waals surface area contributed by atoms with Crippen LogP contribution in [-0.2, 0) is 9.59 Å². The minimum Gasteiger partial charge on any atom is -0.436 e. The maximum absolute atomic E-state index is 13.0. The molecule has 0 saturated carbocycles. The largest absolute Gasteiger partial charge is 0.436 e. The summed E-state index contributed by atoms with van der Waals surface area (Å²) in [6, 6.07) is 11.0. The van der Waals surface area contributed by atoms with E-state index < -0.39 is 11.2 Å². The maximum Gasteiger partial charge on any atom is 0.227 e. The summed E-state index contributed by atoms with van der Waals surface area (Å²) in [6.07, 6.45) is 0.111. The Morgan fingerprint density at radius 3 is 2.68 bits per heavy atom. The molecule has 2 aromatic carbocycles. The van der Waals surface area contributed by atoms with Crippen molar-refractivity contribution < 1.29 is 18.4 Å². The van der Waals surface area contributed by atoms with Crippen molar-refractivity contribution in [1.29, 1.82) is 0 Å². The zero-order chi connectivity index (χ0) is 17.6. The number of anilines is 1. The van der Waals surface area contributed by atoms with E-state index in [1.165, 1.54) is 17.0 Å². The van der Waals surface area contributed by atoms with Gasteiger partial charge in [-0.1, -0.05) is 0 Å². The van der Waals surface area contributed by atoms with Gasteiger partial charge in [0.1, 0.15) is 11.3 Å². The molecule has 1 aromatic heterocycles. The summed E-state index contributed by atoms with van der Waals surface area (Å²) in [5.41, 5.74) is 2.42. The molecule has 0 unspecified atom stereocenters. The number of halogens is 2. The number of carbonyl (C=O) groups is 2. The van der Waals surface area contributed by atoms with Crippen molar-refractivity contribution in [3.63, 3.8) is 0 Å². The summed E-state index contributed by atoms with van der Waals surface area (Å²) in [4.78, 5) is 29.3. The molecule has 1 atom stereocenters. The van der Waals surface area contributed by atoms with E-state index in [0.717, 1.165) is 0 Å². The lowest BCUT2D eigenvalue weighted by Gasteiger charge is -2.15. The Labute approximate surface area is 147 Å². The molecular weight excluding hydrogens is 347 g/mol. The van der Waals surface area contributed by atoms with E-state index in [-0.39, 0.29) is 24.7 Å². The van der Waals surface area contributed by atoms with Gasteiger partial charge in [-0.25, -0.2) is 9.37 Å². The fraction of sp³-hybridized carbons (Fsp3) is 0.167. The van der Waals surface area contributed by atoms with Crippen molar-refractivity contribution in [2.75, 3.05) is 11.4 Å². The van der Waals surface area contributed by atoms with Crippen LogP contribution >= 0.6 is 11.6 Å². The van der Waals surface area contributed by atoms with Gasteiger partial charge in [0.2, 0.25) is 17.0 Å². The first kappa shape index (κ1) is 15.8.